The minimum Gasteiger partial charge on any atom is -0.454 e. The van der Waals surface area contributed by atoms with Gasteiger partial charge in [-0.3, -0.25) is 9.69 Å². The number of hydrogen-bond acceptors (Lipinski definition) is 5. The molecule has 0 bridgehead atoms. The number of likely N-dealkylation sites (tertiary alicyclic amines) is 1. The number of carbonyl (C=O) groups excluding carboxylic acids is 2. The number of likely N-dealkylation sites (N-methyl/N-ethyl adjacent to an activating group) is 1. The Bertz CT molecular complexity index is 698. The van der Waals surface area contributed by atoms with Crippen molar-refractivity contribution in [1.29, 1.82) is 0 Å². The van der Waals surface area contributed by atoms with E-state index in [2.05, 4.69) is 0 Å². The first-order valence-corrected chi connectivity index (χ1v) is 8.88. The molecule has 1 aromatic rings. The van der Waals surface area contributed by atoms with E-state index in [0.29, 0.717) is 25.3 Å². The second-order valence-electron chi connectivity index (χ2n) is 7.71. The Hall–Kier alpha value is -2.44. The van der Waals surface area contributed by atoms with Gasteiger partial charge in [-0.15, -0.1) is 0 Å². The summed E-state index contributed by atoms with van der Waals surface area (Å²) in [6.07, 6.45) is 1.03. The molecule has 2 heterocycles. The Kier molecular flexibility index (Phi) is 4.98. The molecule has 2 aliphatic rings. The molecule has 0 spiro atoms. The fraction of sp³-hybridized carbons (Fsp3) is 0.579. The van der Waals surface area contributed by atoms with Gasteiger partial charge in [-0.25, -0.2) is 4.79 Å². The van der Waals surface area contributed by atoms with Crippen LogP contribution in [0.1, 0.15) is 39.2 Å². The highest BCUT2D eigenvalue weighted by molar-refractivity contribution is 5.86. The van der Waals surface area contributed by atoms with Crippen LogP contribution < -0.4 is 9.47 Å². The fourth-order valence-electron chi connectivity index (χ4n) is 3.21. The summed E-state index contributed by atoms with van der Waals surface area (Å²) in [6, 6.07) is 5.17. The molecule has 26 heavy (non-hydrogen) atoms. The van der Waals surface area contributed by atoms with Crippen LogP contribution in [0.2, 0.25) is 0 Å². The first-order valence-electron chi connectivity index (χ1n) is 8.88. The molecule has 3 rings (SSSR count). The van der Waals surface area contributed by atoms with Crippen LogP contribution in [0.5, 0.6) is 11.5 Å². The summed E-state index contributed by atoms with van der Waals surface area (Å²) in [5, 5.41) is 0. The van der Waals surface area contributed by atoms with E-state index in [9.17, 15) is 9.59 Å². The molecule has 2 aliphatic heterocycles. The second kappa shape index (κ2) is 7.05. The Morgan fingerprint density at radius 2 is 2.00 bits per heavy atom. The molecule has 142 valence electrons. The van der Waals surface area contributed by atoms with Gasteiger partial charge in [0.05, 0.1) is 0 Å². The summed E-state index contributed by atoms with van der Waals surface area (Å²) in [4.78, 5) is 28.5. The van der Waals surface area contributed by atoms with Crippen LogP contribution in [-0.4, -0.2) is 53.8 Å². The maximum absolute atomic E-state index is 12.9. The molecule has 1 saturated heterocycles. The number of ether oxygens (including phenoxy) is 3. The maximum atomic E-state index is 12.9. The van der Waals surface area contributed by atoms with Crippen LogP contribution in [0.3, 0.4) is 0 Å². The van der Waals surface area contributed by atoms with E-state index < -0.39 is 17.7 Å². The zero-order chi connectivity index (χ0) is 18.9. The molecule has 0 unspecified atom stereocenters. The van der Waals surface area contributed by atoms with Crippen LogP contribution in [0.4, 0.5) is 4.79 Å². The van der Waals surface area contributed by atoms with E-state index in [1.807, 2.05) is 39.0 Å². The van der Waals surface area contributed by atoms with Crippen LogP contribution in [0.15, 0.2) is 18.2 Å². The molecule has 2 amide bonds. The predicted molar refractivity (Wildman–Crippen MR) is 95.0 cm³/mol. The minimum atomic E-state index is -0.578. The SMILES string of the molecule is CN(Cc1ccc2c(c1)OCO2)C(=O)[C@@H]1CCCN1C(=O)OC(C)(C)C. The topological polar surface area (TPSA) is 68.3 Å². The third-order valence-electron chi connectivity index (χ3n) is 4.40. The van der Waals surface area contributed by atoms with E-state index >= 15 is 0 Å². The average Bonchev–Trinajstić information content (AvgIpc) is 3.21. The molecule has 1 aromatic carbocycles. The van der Waals surface area contributed by atoms with Crippen molar-refractivity contribution < 1.29 is 23.8 Å². The first kappa shape index (κ1) is 18.4. The van der Waals surface area contributed by atoms with Crippen molar-refractivity contribution in [3.8, 4) is 11.5 Å². The number of fused-ring (bicyclic) bond motifs is 1. The van der Waals surface area contributed by atoms with Crippen LogP contribution in [0, 0.1) is 0 Å². The lowest BCUT2D eigenvalue weighted by atomic mass is 10.1. The number of rotatable bonds is 3. The van der Waals surface area contributed by atoms with Crippen molar-refractivity contribution in [2.24, 2.45) is 0 Å². The molecule has 7 nitrogen and oxygen atoms in total. The van der Waals surface area contributed by atoms with Crippen molar-refractivity contribution in [1.82, 2.24) is 9.80 Å². The summed E-state index contributed by atoms with van der Waals surface area (Å²) in [5.74, 6) is 1.33. The lowest BCUT2D eigenvalue weighted by Crippen LogP contribution is -2.47. The van der Waals surface area contributed by atoms with Crippen LogP contribution in [-0.2, 0) is 16.1 Å². The minimum absolute atomic E-state index is 0.0778. The maximum Gasteiger partial charge on any atom is 0.410 e. The summed E-state index contributed by atoms with van der Waals surface area (Å²) >= 11 is 0. The van der Waals surface area contributed by atoms with Gasteiger partial charge < -0.3 is 19.1 Å². The van der Waals surface area contributed by atoms with Gasteiger partial charge in [0.2, 0.25) is 12.7 Å². The van der Waals surface area contributed by atoms with E-state index in [1.165, 1.54) is 0 Å². The van der Waals surface area contributed by atoms with Crippen molar-refractivity contribution in [2.75, 3.05) is 20.4 Å². The normalized spacial score (nSPS) is 18.8. The Labute approximate surface area is 153 Å². The second-order valence-corrected chi connectivity index (χ2v) is 7.71. The van der Waals surface area contributed by atoms with Gasteiger partial charge >= 0.3 is 6.09 Å². The summed E-state index contributed by atoms with van der Waals surface area (Å²) in [7, 11) is 1.75. The van der Waals surface area contributed by atoms with Gasteiger partial charge in [0.1, 0.15) is 11.6 Å². The smallest absolute Gasteiger partial charge is 0.410 e. The lowest BCUT2D eigenvalue weighted by molar-refractivity contribution is -0.135. The third-order valence-corrected chi connectivity index (χ3v) is 4.40. The molecule has 0 aromatic heterocycles. The van der Waals surface area contributed by atoms with Gasteiger partial charge in [-0.2, -0.15) is 0 Å². The molecule has 0 N–H and O–H groups in total. The Morgan fingerprint density at radius 3 is 2.73 bits per heavy atom. The van der Waals surface area contributed by atoms with Crippen LogP contribution in [0.25, 0.3) is 0 Å². The summed E-state index contributed by atoms with van der Waals surface area (Å²) in [5.41, 5.74) is 0.373. The number of hydrogen-bond donors (Lipinski definition) is 0. The monoisotopic (exact) mass is 362 g/mol. The van der Waals surface area contributed by atoms with Gasteiger partial charge in [0, 0.05) is 20.1 Å². The summed E-state index contributed by atoms with van der Waals surface area (Å²) in [6.45, 7) is 6.68. The lowest BCUT2D eigenvalue weighted by Gasteiger charge is -2.30. The molecular formula is C19H26N2O5. The zero-order valence-corrected chi connectivity index (χ0v) is 15.8. The molecule has 1 fully saturated rings. The number of benzene rings is 1. The standard InChI is InChI=1S/C19H26N2O5/c1-19(2,3)26-18(23)21-9-5-6-14(21)17(22)20(4)11-13-7-8-15-16(10-13)25-12-24-15/h7-8,10,14H,5-6,9,11-12H2,1-4H3/t14-/m0/s1. The van der Waals surface area contributed by atoms with Gasteiger partial charge in [-0.05, 0) is 51.3 Å². The van der Waals surface area contributed by atoms with Gasteiger partial charge in [-0.1, -0.05) is 6.07 Å². The Morgan fingerprint density at radius 1 is 1.27 bits per heavy atom. The van der Waals surface area contributed by atoms with Crippen molar-refractivity contribution in [3.05, 3.63) is 23.8 Å². The largest absolute Gasteiger partial charge is 0.454 e. The quantitative estimate of drug-likeness (QED) is 0.827. The van der Waals surface area contributed by atoms with E-state index in [1.54, 1.807) is 16.8 Å². The van der Waals surface area contributed by atoms with Gasteiger partial charge in [0.25, 0.3) is 0 Å². The molecule has 0 saturated carbocycles. The number of carbonyl (C=O) groups is 2. The molecule has 0 aliphatic carbocycles. The number of amides is 2. The van der Waals surface area contributed by atoms with Crippen LogP contribution >= 0.6 is 0 Å². The van der Waals surface area contributed by atoms with E-state index in [4.69, 9.17) is 14.2 Å². The highest BCUT2D eigenvalue weighted by atomic mass is 16.7. The third kappa shape index (κ3) is 4.03. The van der Waals surface area contributed by atoms with Gasteiger partial charge in [0.15, 0.2) is 11.5 Å². The van der Waals surface area contributed by atoms with Crippen molar-refractivity contribution >= 4 is 12.0 Å². The molecular weight excluding hydrogens is 336 g/mol. The zero-order valence-electron chi connectivity index (χ0n) is 15.8. The van der Waals surface area contributed by atoms with E-state index in [0.717, 1.165) is 17.7 Å². The first-order chi connectivity index (χ1) is 12.2. The van der Waals surface area contributed by atoms with Crippen molar-refractivity contribution in [3.63, 3.8) is 0 Å². The molecule has 7 heteroatoms. The summed E-state index contributed by atoms with van der Waals surface area (Å²) < 4.78 is 16.1. The predicted octanol–water partition coefficient (Wildman–Crippen LogP) is 2.77. The van der Waals surface area contributed by atoms with Crippen molar-refractivity contribution in [2.45, 2.75) is 51.8 Å². The number of nitrogens with zero attached hydrogens (tertiary/aromatic N) is 2. The highest BCUT2D eigenvalue weighted by Crippen LogP contribution is 2.33. The molecule has 0 radical (unpaired) electrons. The highest BCUT2D eigenvalue weighted by Gasteiger charge is 2.37. The van der Waals surface area contributed by atoms with E-state index in [-0.39, 0.29) is 12.7 Å². The fourth-order valence-corrected chi connectivity index (χ4v) is 3.21. The molecule has 1 atom stereocenters. The average molecular weight is 362 g/mol. The Balaban J connectivity index is 1.64.